The van der Waals surface area contributed by atoms with Gasteiger partial charge in [0, 0.05) is 43.0 Å². The molecule has 2 atom stereocenters. The van der Waals surface area contributed by atoms with Crippen LogP contribution in [0.15, 0.2) is 29.6 Å². The molecule has 2 aromatic rings. The molecule has 23 heavy (non-hydrogen) atoms. The number of carbonyl (C=O) groups is 1. The van der Waals surface area contributed by atoms with Crippen LogP contribution in [-0.2, 0) is 21.9 Å². The summed E-state index contributed by atoms with van der Waals surface area (Å²) in [6.45, 7) is 3.79. The van der Waals surface area contributed by atoms with Crippen LogP contribution in [0.5, 0.6) is 0 Å². The Morgan fingerprint density at radius 3 is 2.70 bits per heavy atom. The summed E-state index contributed by atoms with van der Waals surface area (Å²) >= 11 is 0. The van der Waals surface area contributed by atoms with E-state index in [4.69, 9.17) is 0 Å². The maximum Gasteiger partial charge on any atom is 0.283 e. The van der Waals surface area contributed by atoms with Crippen LogP contribution < -0.4 is 4.72 Å². The van der Waals surface area contributed by atoms with E-state index >= 15 is 0 Å². The molecule has 0 radical (unpaired) electrons. The second kappa shape index (κ2) is 5.48. The zero-order chi connectivity index (χ0) is 16.8. The molecule has 0 unspecified atom stereocenters. The highest BCUT2D eigenvalue weighted by molar-refractivity contribution is 7.90. The zero-order valence-corrected chi connectivity index (χ0v) is 14.0. The fourth-order valence-electron chi connectivity index (χ4n) is 2.57. The minimum absolute atomic E-state index is 0.0194. The lowest BCUT2D eigenvalue weighted by Crippen LogP contribution is -2.32. The zero-order valence-electron chi connectivity index (χ0n) is 13.2. The SMILES string of the molecule is CC(C)n1ccc(S(=O)(=O)NC(=O)[C@@H]2C[C@H]2c2ccnn2C)n1. The third-order valence-electron chi connectivity index (χ3n) is 3.99. The minimum atomic E-state index is -3.93. The van der Waals surface area contributed by atoms with Crippen LogP contribution >= 0.6 is 0 Å². The van der Waals surface area contributed by atoms with Gasteiger partial charge in [0.15, 0.2) is 5.03 Å². The van der Waals surface area contributed by atoms with E-state index in [1.807, 2.05) is 19.9 Å². The van der Waals surface area contributed by atoms with E-state index in [2.05, 4.69) is 14.9 Å². The molecule has 1 aliphatic rings. The topological polar surface area (TPSA) is 98.9 Å². The van der Waals surface area contributed by atoms with Crippen molar-refractivity contribution in [1.29, 1.82) is 0 Å². The second-order valence-corrected chi connectivity index (χ2v) is 7.66. The summed E-state index contributed by atoms with van der Waals surface area (Å²) in [5.74, 6) is -0.812. The van der Waals surface area contributed by atoms with Crippen LogP contribution in [0.4, 0.5) is 0 Å². The molecule has 2 aromatic heterocycles. The summed E-state index contributed by atoms with van der Waals surface area (Å²) in [6, 6.07) is 3.28. The van der Waals surface area contributed by atoms with Crippen LogP contribution in [-0.4, -0.2) is 33.9 Å². The van der Waals surface area contributed by atoms with Crippen molar-refractivity contribution in [2.45, 2.75) is 37.3 Å². The number of carbonyl (C=O) groups excluding carboxylic acids is 1. The third-order valence-corrected chi connectivity index (χ3v) is 5.23. The lowest BCUT2D eigenvalue weighted by atomic mass is 10.2. The highest BCUT2D eigenvalue weighted by atomic mass is 32.2. The van der Waals surface area contributed by atoms with Gasteiger partial charge >= 0.3 is 0 Å². The average molecular weight is 337 g/mol. The van der Waals surface area contributed by atoms with Gasteiger partial charge in [-0.15, -0.1) is 0 Å². The molecule has 0 spiro atoms. The van der Waals surface area contributed by atoms with Gasteiger partial charge in [0.25, 0.3) is 10.0 Å². The average Bonchev–Trinajstić information content (AvgIpc) is 2.90. The number of hydrogen-bond acceptors (Lipinski definition) is 5. The van der Waals surface area contributed by atoms with E-state index in [0.717, 1.165) is 5.69 Å². The lowest BCUT2D eigenvalue weighted by Gasteiger charge is -2.06. The Bertz CT molecular complexity index is 836. The maximum atomic E-state index is 12.2. The van der Waals surface area contributed by atoms with Crippen molar-refractivity contribution in [2.75, 3.05) is 0 Å². The Morgan fingerprint density at radius 1 is 1.39 bits per heavy atom. The standard InChI is InChI=1S/C14H19N5O3S/c1-9(2)19-7-5-13(16-19)23(21,22)17-14(20)11-8-10(11)12-4-6-15-18(12)3/h4-7,9-11H,8H2,1-3H3,(H,17,20)/t10-,11-/m1/s1. The molecular formula is C14H19N5O3S. The molecular weight excluding hydrogens is 318 g/mol. The largest absolute Gasteiger partial charge is 0.283 e. The fourth-order valence-corrected chi connectivity index (χ4v) is 3.53. The smallest absolute Gasteiger partial charge is 0.274 e. The van der Waals surface area contributed by atoms with Gasteiger partial charge in [0.05, 0.1) is 0 Å². The maximum absolute atomic E-state index is 12.2. The Morgan fingerprint density at radius 2 is 2.13 bits per heavy atom. The summed E-state index contributed by atoms with van der Waals surface area (Å²) in [5, 5.41) is 7.92. The van der Waals surface area contributed by atoms with Crippen molar-refractivity contribution in [2.24, 2.45) is 13.0 Å². The molecule has 0 bridgehead atoms. The molecule has 3 rings (SSSR count). The van der Waals surface area contributed by atoms with Crippen molar-refractivity contribution in [3.8, 4) is 0 Å². The molecule has 124 valence electrons. The molecule has 1 saturated carbocycles. The number of nitrogens with zero attached hydrogens (tertiary/aromatic N) is 4. The summed E-state index contributed by atoms with van der Waals surface area (Å²) < 4.78 is 29.9. The number of hydrogen-bond donors (Lipinski definition) is 1. The van der Waals surface area contributed by atoms with Crippen molar-refractivity contribution in [3.63, 3.8) is 0 Å². The van der Waals surface area contributed by atoms with Gasteiger partial charge in [-0.2, -0.15) is 18.6 Å². The molecule has 0 saturated heterocycles. The Hall–Kier alpha value is -2.16. The van der Waals surface area contributed by atoms with E-state index in [1.165, 1.54) is 10.7 Å². The molecule has 1 N–H and O–H groups in total. The van der Waals surface area contributed by atoms with Gasteiger partial charge in [-0.05, 0) is 32.4 Å². The number of aromatic nitrogens is 4. The molecule has 2 heterocycles. The number of nitrogens with one attached hydrogen (secondary N) is 1. The summed E-state index contributed by atoms with van der Waals surface area (Å²) in [7, 11) is -2.13. The van der Waals surface area contributed by atoms with E-state index in [-0.39, 0.29) is 22.9 Å². The highest BCUT2D eigenvalue weighted by Gasteiger charge is 2.46. The van der Waals surface area contributed by atoms with E-state index in [9.17, 15) is 13.2 Å². The van der Waals surface area contributed by atoms with Gasteiger partial charge in [-0.25, -0.2) is 4.72 Å². The van der Waals surface area contributed by atoms with Crippen molar-refractivity contribution in [3.05, 3.63) is 30.2 Å². The van der Waals surface area contributed by atoms with Gasteiger partial charge in [-0.3, -0.25) is 14.2 Å². The number of rotatable bonds is 5. The van der Waals surface area contributed by atoms with Gasteiger partial charge in [-0.1, -0.05) is 0 Å². The molecule has 0 aromatic carbocycles. The van der Waals surface area contributed by atoms with Gasteiger partial charge in [0.2, 0.25) is 5.91 Å². The summed E-state index contributed by atoms with van der Waals surface area (Å²) in [6.07, 6.45) is 3.87. The minimum Gasteiger partial charge on any atom is -0.274 e. The van der Waals surface area contributed by atoms with Crippen LogP contribution in [0.2, 0.25) is 0 Å². The molecule has 9 heteroatoms. The quantitative estimate of drug-likeness (QED) is 0.870. The van der Waals surface area contributed by atoms with Gasteiger partial charge in [0.1, 0.15) is 0 Å². The predicted molar refractivity (Wildman–Crippen MR) is 82.0 cm³/mol. The van der Waals surface area contributed by atoms with Crippen molar-refractivity contribution < 1.29 is 13.2 Å². The van der Waals surface area contributed by atoms with Crippen molar-refractivity contribution in [1.82, 2.24) is 24.3 Å². The summed E-state index contributed by atoms with van der Waals surface area (Å²) in [4.78, 5) is 12.2. The van der Waals surface area contributed by atoms with Crippen LogP contribution in [0.3, 0.4) is 0 Å². The number of sulfonamides is 1. The first-order valence-electron chi connectivity index (χ1n) is 7.39. The lowest BCUT2D eigenvalue weighted by molar-refractivity contribution is -0.120. The third kappa shape index (κ3) is 3.00. The van der Waals surface area contributed by atoms with Gasteiger partial charge < -0.3 is 0 Å². The Kier molecular flexibility index (Phi) is 3.75. The van der Waals surface area contributed by atoms with Crippen LogP contribution in [0, 0.1) is 5.92 Å². The number of aryl methyl sites for hydroxylation is 1. The molecule has 1 aliphatic carbocycles. The fraction of sp³-hybridized carbons (Fsp3) is 0.500. The van der Waals surface area contributed by atoms with Crippen molar-refractivity contribution >= 4 is 15.9 Å². The van der Waals surface area contributed by atoms with E-state index in [1.54, 1.807) is 24.1 Å². The normalized spacial score (nSPS) is 20.7. The van der Waals surface area contributed by atoms with E-state index in [0.29, 0.717) is 6.42 Å². The monoisotopic (exact) mass is 337 g/mol. The molecule has 1 amide bonds. The predicted octanol–water partition coefficient (Wildman–Crippen LogP) is 0.806. The molecule has 8 nitrogen and oxygen atoms in total. The van der Waals surface area contributed by atoms with E-state index < -0.39 is 15.9 Å². The first-order chi connectivity index (χ1) is 10.8. The Balaban J connectivity index is 1.69. The summed E-state index contributed by atoms with van der Waals surface area (Å²) in [5.41, 5.74) is 0.937. The molecule has 1 fully saturated rings. The Labute approximate surface area is 134 Å². The highest BCUT2D eigenvalue weighted by Crippen LogP contribution is 2.47. The first-order valence-corrected chi connectivity index (χ1v) is 8.87. The molecule has 0 aliphatic heterocycles. The second-order valence-electron chi connectivity index (χ2n) is 6.03. The first kappa shape index (κ1) is 15.7. The van der Waals surface area contributed by atoms with Crippen LogP contribution in [0.25, 0.3) is 0 Å². The van der Waals surface area contributed by atoms with Crippen LogP contribution in [0.1, 0.15) is 37.9 Å². The number of amides is 1.